The SMILES string of the molecule is COc1cccc(C=NNC(=O)C(Cc2ccccc2C)c2ccccc2)c1. The number of carbonyl (C=O) groups excluding carboxylic acids is 1. The normalized spacial score (nSPS) is 11.9. The molecule has 142 valence electrons. The van der Waals surface area contributed by atoms with Crippen LogP contribution in [0.15, 0.2) is 84.0 Å². The van der Waals surface area contributed by atoms with Crippen LogP contribution in [0.3, 0.4) is 0 Å². The number of hydrogen-bond acceptors (Lipinski definition) is 3. The van der Waals surface area contributed by atoms with Gasteiger partial charge in [-0.05, 0) is 47.7 Å². The first-order valence-corrected chi connectivity index (χ1v) is 9.24. The summed E-state index contributed by atoms with van der Waals surface area (Å²) >= 11 is 0. The van der Waals surface area contributed by atoms with Gasteiger partial charge < -0.3 is 4.74 Å². The third kappa shape index (κ3) is 5.07. The molecule has 0 fully saturated rings. The molecule has 28 heavy (non-hydrogen) atoms. The lowest BCUT2D eigenvalue weighted by Gasteiger charge is -2.17. The van der Waals surface area contributed by atoms with E-state index in [0.29, 0.717) is 6.42 Å². The lowest BCUT2D eigenvalue weighted by molar-refractivity contribution is -0.122. The van der Waals surface area contributed by atoms with E-state index in [9.17, 15) is 4.79 Å². The van der Waals surface area contributed by atoms with Crippen LogP contribution in [0.2, 0.25) is 0 Å². The molecule has 0 aliphatic heterocycles. The average molecular weight is 372 g/mol. The molecule has 0 radical (unpaired) electrons. The van der Waals surface area contributed by atoms with Gasteiger partial charge in [0.15, 0.2) is 0 Å². The summed E-state index contributed by atoms with van der Waals surface area (Å²) in [7, 11) is 1.62. The van der Waals surface area contributed by atoms with E-state index in [4.69, 9.17) is 4.74 Å². The van der Waals surface area contributed by atoms with Crippen molar-refractivity contribution in [1.82, 2.24) is 5.43 Å². The Hall–Kier alpha value is -3.40. The summed E-state index contributed by atoms with van der Waals surface area (Å²) in [6, 6.07) is 25.5. The van der Waals surface area contributed by atoms with Crippen LogP contribution in [0.4, 0.5) is 0 Å². The Morgan fingerprint density at radius 1 is 1.04 bits per heavy atom. The number of ether oxygens (including phenoxy) is 1. The van der Waals surface area contributed by atoms with Gasteiger partial charge in [-0.2, -0.15) is 5.10 Å². The van der Waals surface area contributed by atoms with Crippen molar-refractivity contribution in [2.24, 2.45) is 5.10 Å². The number of nitrogens with zero attached hydrogens (tertiary/aromatic N) is 1. The summed E-state index contributed by atoms with van der Waals surface area (Å²) in [6.07, 6.45) is 2.24. The first-order valence-electron chi connectivity index (χ1n) is 9.24. The molecule has 0 heterocycles. The molecule has 3 rings (SSSR count). The maximum absolute atomic E-state index is 12.9. The van der Waals surface area contributed by atoms with E-state index in [1.807, 2.05) is 66.7 Å². The van der Waals surface area contributed by atoms with Crippen molar-refractivity contribution in [3.8, 4) is 5.75 Å². The number of methoxy groups -OCH3 is 1. The molecule has 1 unspecified atom stereocenters. The number of aryl methyl sites for hydroxylation is 1. The number of rotatable bonds is 7. The molecule has 0 spiro atoms. The van der Waals surface area contributed by atoms with Crippen LogP contribution in [0.25, 0.3) is 0 Å². The minimum absolute atomic E-state index is 0.131. The first-order chi connectivity index (χ1) is 13.7. The van der Waals surface area contributed by atoms with Gasteiger partial charge in [-0.3, -0.25) is 4.79 Å². The Labute approximate surface area is 165 Å². The van der Waals surface area contributed by atoms with Gasteiger partial charge >= 0.3 is 0 Å². The van der Waals surface area contributed by atoms with Crippen molar-refractivity contribution in [1.29, 1.82) is 0 Å². The van der Waals surface area contributed by atoms with Gasteiger partial charge in [-0.15, -0.1) is 0 Å². The maximum atomic E-state index is 12.9. The first kappa shape index (κ1) is 19.4. The smallest absolute Gasteiger partial charge is 0.247 e. The van der Waals surface area contributed by atoms with Crippen LogP contribution >= 0.6 is 0 Å². The molecule has 3 aromatic rings. The highest BCUT2D eigenvalue weighted by atomic mass is 16.5. The molecule has 1 amide bonds. The van der Waals surface area contributed by atoms with Crippen molar-refractivity contribution in [2.75, 3.05) is 7.11 Å². The predicted octanol–water partition coefficient (Wildman–Crippen LogP) is 4.48. The molecule has 3 aromatic carbocycles. The lowest BCUT2D eigenvalue weighted by atomic mass is 9.90. The molecule has 0 saturated carbocycles. The zero-order valence-electron chi connectivity index (χ0n) is 16.1. The molecule has 4 heteroatoms. The average Bonchev–Trinajstić information content (AvgIpc) is 2.74. The Morgan fingerprint density at radius 2 is 1.79 bits per heavy atom. The second-order valence-electron chi connectivity index (χ2n) is 6.60. The van der Waals surface area contributed by atoms with Gasteiger partial charge in [0.05, 0.1) is 19.2 Å². The lowest BCUT2D eigenvalue weighted by Crippen LogP contribution is -2.27. The second-order valence-corrected chi connectivity index (χ2v) is 6.60. The van der Waals surface area contributed by atoms with E-state index >= 15 is 0 Å². The summed E-state index contributed by atoms with van der Waals surface area (Å²) in [5.41, 5.74) is 6.86. The third-order valence-electron chi connectivity index (χ3n) is 4.69. The van der Waals surface area contributed by atoms with E-state index in [-0.39, 0.29) is 11.8 Å². The van der Waals surface area contributed by atoms with Crippen LogP contribution in [0.5, 0.6) is 5.75 Å². The van der Waals surface area contributed by atoms with Gasteiger partial charge in [-0.1, -0.05) is 66.7 Å². The topological polar surface area (TPSA) is 50.7 Å². The highest BCUT2D eigenvalue weighted by molar-refractivity contribution is 5.86. The monoisotopic (exact) mass is 372 g/mol. The summed E-state index contributed by atoms with van der Waals surface area (Å²) in [6.45, 7) is 2.07. The van der Waals surface area contributed by atoms with Crippen LogP contribution in [0.1, 0.15) is 28.2 Å². The predicted molar refractivity (Wildman–Crippen MR) is 113 cm³/mol. The van der Waals surface area contributed by atoms with Gasteiger partial charge in [-0.25, -0.2) is 5.43 Å². The van der Waals surface area contributed by atoms with Crippen LogP contribution in [-0.4, -0.2) is 19.2 Å². The fraction of sp³-hybridized carbons (Fsp3) is 0.167. The van der Waals surface area contributed by atoms with Crippen LogP contribution < -0.4 is 10.2 Å². The van der Waals surface area contributed by atoms with Gasteiger partial charge in [0, 0.05) is 0 Å². The van der Waals surface area contributed by atoms with Crippen LogP contribution in [-0.2, 0) is 11.2 Å². The van der Waals surface area contributed by atoms with Crippen molar-refractivity contribution >= 4 is 12.1 Å². The Morgan fingerprint density at radius 3 is 2.54 bits per heavy atom. The van der Waals surface area contributed by atoms with Crippen molar-refractivity contribution in [3.05, 3.63) is 101 Å². The van der Waals surface area contributed by atoms with Gasteiger partial charge in [0.1, 0.15) is 5.75 Å². The van der Waals surface area contributed by atoms with E-state index in [1.54, 1.807) is 13.3 Å². The Bertz CT molecular complexity index is 952. The Kier molecular flexibility index (Phi) is 6.58. The summed E-state index contributed by atoms with van der Waals surface area (Å²) < 4.78 is 5.21. The molecule has 1 N–H and O–H groups in total. The quantitative estimate of drug-likeness (QED) is 0.491. The van der Waals surface area contributed by atoms with Crippen molar-refractivity contribution in [2.45, 2.75) is 19.3 Å². The highest BCUT2D eigenvalue weighted by Crippen LogP contribution is 2.23. The largest absolute Gasteiger partial charge is 0.497 e. The minimum Gasteiger partial charge on any atom is -0.497 e. The molecule has 0 aliphatic carbocycles. The number of carbonyl (C=O) groups is 1. The Balaban J connectivity index is 1.76. The van der Waals surface area contributed by atoms with Gasteiger partial charge in [0.25, 0.3) is 0 Å². The molecule has 0 aliphatic rings. The minimum atomic E-state index is -0.315. The van der Waals surface area contributed by atoms with E-state index in [2.05, 4.69) is 29.6 Å². The zero-order valence-corrected chi connectivity index (χ0v) is 16.1. The zero-order chi connectivity index (χ0) is 19.8. The van der Waals surface area contributed by atoms with Gasteiger partial charge in [0.2, 0.25) is 5.91 Å². The second kappa shape index (κ2) is 9.51. The van der Waals surface area contributed by atoms with Crippen LogP contribution in [0, 0.1) is 6.92 Å². The van der Waals surface area contributed by atoms with Crippen molar-refractivity contribution < 1.29 is 9.53 Å². The molecular weight excluding hydrogens is 348 g/mol. The summed E-state index contributed by atoms with van der Waals surface area (Å²) in [5.74, 6) is 0.301. The molecule has 0 saturated heterocycles. The maximum Gasteiger partial charge on any atom is 0.247 e. The molecule has 0 bridgehead atoms. The molecule has 0 aromatic heterocycles. The fourth-order valence-corrected chi connectivity index (χ4v) is 3.08. The van der Waals surface area contributed by atoms with E-state index in [1.165, 1.54) is 5.56 Å². The molecule has 4 nitrogen and oxygen atoms in total. The molecule has 1 atom stereocenters. The fourth-order valence-electron chi connectivity index (χ4n) is 3.08. The number of nitrogens with one attached hydrogen (secondary N) is 1. The number of hydrogen-bond donors (Lipinski definition) is 1. The highest BCUT2D eigenvalue weighted by Gasteiger charge is 2.21. The third-order valence-corrected chi connectivity index (χ3v) is 4.69. The van der Waals surface area contributed by atoms with E-state index in [0.717, 1.165) is 22.4 Å². The van der Waals surface area contributed by atoms with Crippen molar-refractivity contribution in [3.63, 3.8) is 0 Å². The van der Waals surface area contributed by atoms with E-state index < -0.39 is 0 Å². The number of amides is 1. The number of benzene rings is 3. The number of hydrazone groups is 1. The standard InChI is InChI=1S/C24H24N2O2/c1-18-9-6-7-13-21(18)16-23(20-11-4-3-5-12-20)24(27)26-25-17-19-10-8-14-22(15-19)28-2/h3-15,17,23H,16H2,1-2H3,(H,26,27). The summed E-state index contributed by atoms with van der Waals surface area (Å²) in [5, 5.41) is 4.15. The summed E-state index contributed by atoms with van der Waals surface area (Å²) in [4.78, 5) is 12.9. The molecular formula is C24H24N2O2.